The molecule has 0 atom stereocenters. The second kappa shape index (κ2) is 10.5. The lowest BCUT2D eigenvalue weighted by Crippen LogP contribution is -2.52. The van der Waals surface area contributed by atoms with Gasteiger partial charge in [0, 0.05) is 37.2 Å². The van der Waals surface area contributed by atoms with Crippen molar-refractivity contribution in [3.63, 3.8) is 0 Å². The molecule has 2 aromatic rings. The van der Waals surface area contributed by atoms with Crippen LogP contribution in [0.1, 0.15) is 36.8 Å². The lowest BCUT2D eigenvalue weighted by atomic mass is 9.99. The third kappa shape index (κ3) is 5.85. The molecule has 2 aliphatic rings. The summed E-state index contributed by atoms with van der Waals surface area (Å²) < 4.78 is 33.7. The van der Waals surface area contributed by atoms with Gasteiger partial charge in [0.1, 0.15) is 11.9 Å². The molecule has 0 unspecified atom stereocenters. The molecule has 0 aromatic heterocycles. The highest BCUT2D eigenvalue weighted by Gasteiger charge is 2.31. The molecular formula is C25H32ClN3O4S. The largest absolute Gasteiger partial charge is 0.490 e. The number of urea groups is 1. The number of nitrogens with zero attached hydrogens (tertiary/aromatic N) is 2. The molecule has 9 heteroatoms. The maximum Gasteiger partial charge on any atom is 0.331 e. The van der Waals surface area contributed by atoms with Crippen molar-refractivity contribution in [2.75, 3.05) is 26.2 Å². The number of benzene rings is 2. The number of piperidine rings is 2. The first kappa shape index (κ1) is 24.8. The summed E-state index contributed by atoms with van der Waals surface area (Å²) >= 11 is 6.10. The molecule has 2 amide bonds. The monoisotopic (exact) mass is 505 g/mol. The normalized spacial score (nSPS) is 18.6. The van der Waals surface area contributed by atoms with E-state index in [0.717, 1.165) is 55.1 Å². The average molecular weight is 506 g/mol. The van der Waals surface area contributed by atoms with Crippen molar-refractivity contribution in [2.45, 2.75) is 56.6 Å². The van der Waals surface area contributed by atoms with Crippen LogP contribution < -0.4 is 9.46 Å². The molecule has 34 heavy (non-hydrogen) atoms. The van der Waals surface area contributed by atoms with Crippen molar-refractivity contribution < 1.29 is 17.9 Å². The van der Waals surface area contributed by atoms with Crippen LogP contribution >= 0.6 is 11.6 Å². The van der Waals surface area contributed by atoms with Crippen LogP contribution in [0.15, 0.2) is 47.4 Å². The SMILES string of the molecule is Cc1cc(OC2CCN(C3CCN(C(=O)NS(=O)(=O)c4ccccc4C)CC3)CC2)ccc1Cl. The van der Waals surface area contributed by atoms with E-state index in [2.05, 4.69) is 9.62 Å². The van der Waals surface area contributed by atoms with Crippen LogP contribution in [0.3, 0.4) is 0 Å². The number of hydrogen-bond acceptors (Lipinski definition) is 5. The number of ether oxygens (including phenoxy) is 1. The summed E-state index contributed by atoms with van der Waals surface area (Å²) in [6.07, 6.45) is 3.77. The molecule has 0 spiro atoms. The van der Waals surface area contributed by atoms with Crippen LogP contribution in [0, 0.1) is 13.8 Å². The summed E-state index contributed by atoms with van der Waals surface area (Å²) in [5.74, 6) is 0.861. The Hall–Kier alpha value is -2.29. The van der Waals surface area contributed by atoms with Crippen LogP contribution in [-0.4, -0.2) is 62.6 Å². The van der Waals surface area contributed by atoms with Gasteiger partial charge in [-0.15, -0.1) is 0 Å². The fraction of sp³-hybridized carbons (Fsp3) is 0.480. The maximum absolute atomic E-state index is 12.6. The van der Waals surface area contributed by atoms with Crippen LogP contribution in [-0.2, 0) is 10.0 Å². The van der Waals surface area contributed by atoms with Gasteiger partial charge in [0.15, 0.2) is 0 Å². The minimum atomic E-state index is -3.88. The van der Waals surface area contributed by atoms with Crippen molar-refractivity contribution in [3.8, 4) is 5.75 Å². The van der Waals surface area contributed by atoms with Crippen molar-refractivity contribution in [2.24, 2.45) is 0 Å². The van der Waals surface area contributed by atoms with Crippen LogP contribution in [0.5, 0.6) is 5.75 Å². The molecule has 2 heterocycles. The summed E-state index contributed by atoms with van der Waals surface area (Å²) in [5, 5.41) is 0.745. The van der Waals surface area contributed by atoms with E-state index in [1.54, 1.807) is 30.0 Å². The Bertz CT molecular complexity index is 1120. The van der Waals surface area contributed by atoms with E-state index in [-0.39, 0.29) is 11.0 Å². The van der Waals surface area contributed by atoms with Crippen molar-refractivity contribution >= 4 is 27.7 Å². The van der Waals surface area contributed by atoms with E-state index in [0.29, 0.717) is 24.7 Å². The number of amides is 2. The number of halogens is 1. The van der Waals surface area contributed by atoms with Crippen molar-refractivity contribution in [1.82, 2.24) is 14.5 Å². The number of sulfonamides is 1. The molecule has 0 bridgehead atoms. The molecule has 4 rings (SSSR count). The molecule has 2 fully saturated rings. The van der Waals surface area contributed by atoms with Crippen molar-refractivity contribution in [1.29, 1.82) is 0 Å². The molecule has 2 aliphatic heterocycles. The molecule has 0 radical (unpaired) electrons. The molecule has 184 valence electrons. The molecule has 0 aliphatic carbocycles. The smallest absolute Gasteiger partial charge is 0.331 e. The van der Waals surface area contributed by atoms with Crippen molar-refractivity contribution in [3.05, 3.63) is 58.6 Å². The fourth-order valence-electron chi connectivity index (χ4n) is 4.77. The molecule has 0 saturated carbocycles. The minimum Gasteiger partial charge on any atom is -0.490 e. The van der Waals surface area contributed by atoms with Gasteiger partial charge in [0.05, 0.1) is 4.90 Å². The molecule has 2 saturated heterocycles. The highest BCUT2D eigenvalue weighted by Crippen LogP contribution is 2.26. The number of likely N-dealkylation sites (tertiary alicyclic amines) is 2. The highest BCUT2D eigenvalue weighted by atomic mass is 35.5. The number of hydrogen-bond donors (Lipinski definition) is 1. The van der Waals surface area contributed by atoms with E-state index in [1.807, 2.05) is 25.1 Å². The molecule has 1 N–H and O–H groups in total. The lowest BCUT2D eigenvalue weighted by molar-refractivity contribution is 0.0539. The van der Waals surface area contributed by atoms with Gasteiger partial charge >= 0.3 is 6.03 Å². The van der Waals surface area contributed by atoms with Gasteiger partial charge in [0.2, 0.25) is 0 Å². The zero-order valence-corrected chi connectivity index (χ0v) is 21.2. The van der Waals surface area contributed by atoms with Gasteiger partial charge in [-0.3, -0.25) is 4.90 Å². The van der Waals surface area contributed by atoms with E-state index in [1.165, 1.54) is 6.07 Å². The summed E-state index contributed by atoms with van der Waals surface area (Å²) in [7, 11) is -3.88. The highest BCUT2D eigenvalue weighted by molar-refractivity contribution is 7.90. The van der Waals surface area contributed by atoms with Gasteiger partial charge in [-0.1, -0.05) is 29.8 Å². The first-order chi connectivity index (χ1) is 16.2. The zero-order valence-electron chi connectivity index (χ0n) is 19.7. The Kier molecular flexibility index (Phi) is 7.70. The van der Waals surface area contributed by atoms with Gasteiger partial charge in [-0.05, 0) is 74.9 Å². The molecule has 7 nitrogen and oxygen atoms in total. The number of rotatable bonds is 5. The Morgan fingerprint density at radius 1 is 0.971 bits per heavy atom. The topological polar surface area (TPSA) is 79.0 Å². The van der Waals surface area contributed by atoms with Gasteiger partial charge in [-0.25, -0.2) is 17.9 Å². The van der Waals surface area contributed by atoms with Gasteiger partial charge < -0.3 is 9.64 Å². The van der Waals surface area contributed by atoms with Gasteiger partial charge in [-0.2, -0.15) is 0 Å². The standard InChI is InChI=1S/C25H32ClN3O4S/c1-18-5-3-4-6-24(18)34(31,32)27-25(30)29-13-9-20(10-14-29)28-15-11-21(12-16-28)33-22-7-8-23(26)19(2)17-22/h3-8,17,20-21H,9-16H2,1-2H3,(H,27,30). The third-order valence-corrected chi connectivity index (χ3v) is 8.69. The Balaban J connectivity index is 1.24. The lowest BCUT2D eigenvalue weighted by Gasteiger charge is -2.41. The summed E-state index contributed by atoms with van der Waals surface area (Å²) in [6, 6.07) is 12.3. The number of nitrogens with one attached hydrogen (secondary N) is 1. The van der Waals surface area contributed by atoms with E-state index in [4.69, 9.17) is 16.3 Å². The second-order valence-electron chi connectivity index (χ2n) is 9.16. The minimum absolute atomic E-state index is 0.136. The first-order valence-corrected chi connectivity index (χ1v) is 13.6. The van der Waals surface area contributed by atoms with E-state index in [9.17, 15) is 13.2 Å². The quantitative estimate of drug-likeness (QED) is 0.653. The zero-order chi connectivity index (χ0) is 24.3. The second-order valence-corrected chi connectivity index (χ2v) is 11.2. The Morgan fingerprint density at radius 2 is 1.65 bits per heavy atom. The Morgan fingerprint density at radius 3 is 2.29 bits per heavy atom. The predicted molar refractivity (Wildman–Crippen MR) is 133 cm³/mol. The van der Waals surface area contributed by atoms with Crippen LogP contribution in [0.4, 0.5) is 4.79 Å². The average Bonchev–Trinajstić information content (AvgIpc) is 2.82. The molecular weight excluding hydrogens is 474 g/mol. The van der Waals surface area contributed by atoms with Crippen LogP contribution in [0.2, 0.25) is 5.02 Å². The Labute approximate surface area is 207 Å². The predicted octanol–water partition coefficient (Wildman–Crippen LogP) is 4.36. The first-order valence-electron chi connectivity index (χ1n) is 11.8. The summed E-state index contributed by atoms with van der Waals surface area (Å²) in [6.45, 7) is 6.68. The maximum atomic E-state index is 12.6. The number of carbonyl (C=O) groups is 1. The van der Waals surface area contributed by atoms with Crippen LogP contribution in [0.25, 0.3) is 0 Å². The number of carbonyl (C=O) groups excluding carboxylic acids is 1. The summed E-state index contributed by atoms with van der Waals surface area (Å²) in [5.41, 5.74) is 1.62. The number of aryl methyl sites for hydroxylation is 2. The fourth-order valence-corrected chi connectivity index (χ4v) is 6.10. The third-order valence-electron chi connectivity index (χ3n) is 6.78. The van der Waals surface area contributed by atoms with E-state index >= 15 is 0 Å². The molecule has 2 aromatic carbocycles. The van der Waals surface area contributed by atoms with Gasteiger partial charge in [0.25, 0.3) is 10.0 Å². The summed E-state index contributed by atoms with van der Waals surface area (Å²) in [4.78, 5) is 16.9. The van der Waals surface area contributed by atoms with E-state index < -0.39 is 16.1 Å².